The van der Waals surface area contributed by atoms with Gasteiger partial charge in [0.1, 0.15) is 13.2 Å². The van der Waals surface area contributed by atoms with Gasteiger partial charge in [0.15, 0.2) is 0 Å². The van der Waals surface area contributed by atoms with E-state index in [0.29, 0.717) is 24.3 Å². The van der Waals surface area contributed by atoms with Crippen LogP contribution in [0.3, 0.4) is 0 Å². The number of ether oxygens (including phenoxy) is 3. The third kappa shape index (κ3) is 3.84. The molecule has 0 heterocycles. The standard InChI is InChI=1S/C23H25F5O8S/c24-21(25,37(31,32)33)12-35-22(23(26,27)28,18(30)34-10-13-4-2-1-3-5-13)36-17(29)19-8-15-6-14-7-16(9-19)20(14,15)11-19/h2,4-5,14-16H,1,3,6-12H2,(H,31,32,33). The van der Waals surface area contributed by atoms with Gasteiger partial charge in [-0.05, 0) is 73.7 Å². The van der Waals surface area contributed by atoms with Gasteiger partial charge in [0, 0.05) is 0 Å². The second kappa shape index (κ2) is 8.22. The molecule has 5 aliphatic rings. The number of carbonyl (C=O) groups is 2. The number of allylic oxidation sites excluding steroid dienone is 2. The highest BCUT2D eigenvalue weighted by Crippen LogP contribution is 2.84. The summed E-state index contributed by atoms with van der Waals surface area (Å²) in [6.45, 7) is -3.33. The van der Waals surface area contributed by atoms with Crippen LogP contribution in [-0.2, 0) is 33.9 Å². The lowest BCUT2D eigenvalue weighted by Gasteiger charge is -2.66. The summed E-state index contributed by atoms with van der Waals surface area (Å²) >= 11 is 0. The van der Waals surface area contributed by atoms with E-state index in [1.165, 1.54) is 6.08 Å². The summed E-state index contributed by atoms with van der Waals surface area (Å²) in [5.41, 5.74) is -1.14. The third-order valence-corrected chi connectivity index (χ3v) is 9.78. The highest BCUT2D eigenvalue weighted by atomic mass is 32.2. The van der Waals surface area contributed by atoms with E-state index in [-0.39, 0.29) is 36.5 Å². The maximum Gasteiger partial charge on any atom is 0.468 e. The summed E-state index contributed by atoms with van der Waals surface area (Å²) in [6, 6.07) is 0. The predicted molar refractivity (Wildman–Crippen MR) is 113 cm³/mol. The number of hydrogen-bond donors (Lipinski definition) is 1. The molecule has 14 heteroatoms. The predicted octanol–water partition coefficient (Wildman–Crippen LogP) is 3.93. The molecular formula is C23H25F5O8S. The van der Waals surface area contributed by atoms with Crippen molar-refractivity contribution in [1.82, 2.24) is 0 Å². The molecule has 3 unspecified atom stereocenters. The summed E-state index contributed by atoms with van der Waals surface area (Å²) in [6.07, 6.45) is 2.46. The van der Waals surface area contributed by atoms with E-state index in [4.69, 9.17) is 14.0 Å². The van der Waals surface area contributed by atoms with Crippen LogP contribution in [0.4, 0.5) is 22.0 Å². The average Bonchev–Trinajstić information content (AvgIpc) is 3.28. The molecule has 0 amide bonds. The van der Waals surface area contributed by atoms with Crippen LogP contribution in [0.5, 0.6) is 0 Å². The SMILES string of the molecule is O=C(OC(OCC(F)(F)S(=O)(=O)O)(C(=O)OCC1=CCCC=C1)C(F)(F)F)C12CC3CC4CC(C1)C43C2. The van der Waals surface area contributed by atoms with Crippen molar-refractivity contribution < 1.29 is 58.7 Å². The summed E-state index contributed by atoms with van der Waals surface area (Å²) < 4.78 is 115. The van der Waals surface area contributed by atoms with E-state index in [2.05, 4.69) is 4.74 Å². The minimum atomic E-state index is -6.23. The van der Waals surface area contributed by atoms with Crippen LogP contribution in [0, 0.1) is 28.6 Å². The van der Waals surface area contributed by atoms with E-state index in [9.17, 15) is 40.0 Å². The van der Waals surface area contributed by atoms with Crippen molar-refractivity contribution in [2.45, 2.75) is 62.2 Å². The molecule has 0 aromatic carbocycles. The molecule has 4 fully saturated rings. The molecule has 8 nitrogen and oxygen atoms in total. The number of esters is 2. The Balaban J connectivity index is 1.44. The highest BCUT2D eigenvalue weighted by Gasteiger charge is 2.80. The minimum Gasteiger partial charge on any atom is -0.456 e. The first kappa shape index (κ1) is 26.5. The third-order valence-electron chi connectivity index (χ3n) is 8.91. The van der Waals surface area contributed by atoms with Crippen LogP contribution < -0.4 is 0 Å². The van der Waals surface area contributed by atoms with Gasteiger partial charge >= 0.3 is 39.3 Å². The smallest absolute Gasteiger partial charge is 0.456 e. The Labute approximate surface area is 208 Å². The number of rotatable bonds is 9. The zero-order valence-corrected chi connectivity index (χ0v) is 20.2. The lowest BCUT2D eigenvalue weighted by molar-refractivity contribution is -0.363. The lowest BCUT2D eigenvalue weighted by Crippen LogP contribution is -2.61. The molecule has 1 spiro atoms. The van der Waals surface area contributed by atoms with Crippen molar-refractivity contribution in [3.8, 4) is 0 Å². The molecule has 0 saturated heterocycles. The quantitative estimate of drug-likeness (QED) is 0.197. The van der Waals surface area contributed by atoms with Gasteiger partial charge in [-0.2, -0.15) is 30.4 Å². The largest absolute Gasteiger partial charge is 0.468 e. The van der Waals surface area contributed by atoms with Crippen molar-refractivity contribution in [2.24, 2.45) is 28.6 Å². The zero-order valence-electron chi connectivity index (χ0n) is 19.4. The van der Waals surface area contributed by atoms with Crippen LogP contribution in [-0.4, -0.2) is 55.3 Å². The van der Waals surface area contributed by atoms with Gasteiger partial charge < -0.3 is 14.2 Å². The Kier molecular flexibility index (Phi) is 5.90. The Hall–Kier alpha value is -2.06. The lowest BCUT2D eigenvalue weighted by atomic mass is 9.38. The first-order chi connectivity index (χ1) is 17.1. The molecule has 0 aliphatic heterocycles. The molecule has 0 radical (unpaired) electrons. The van der Waals surface area contributed by atoms with Crippen molar-refractivity contribution in [1.29, 1.82) is 0 Å². The maximum atomic E-state index is 14.4. The monoisotopic (exact) mass is 556 g/mol. The second-order valence-electron chi connectivity index (χ2n) is 10.8. The Bertz CT molecular complexity index is 1160. The van der Waals surface area contributed by atoms with E-state index in [1.807, 2.05) is 0 Å². The average molecular weight is 557 g/mol. The molecule has 1 N–H and O–H groups in total. The molecule has 5 aliphatic carbocycles. The topological polar surface area (TPSA) is 116 Å². The van der Waals surface area contributed by atoms with Crippen LogP contribution in [0.2, 0.25) is 0 Å². The summed E-state index contributed by atoms with van der Waals surface area (Å²) in [5.74, 6) is -7.77. The van der Waals surface area contributed by atoms with Crippen LogP contribution >= 0.6 is 0 Å². The fourth-order valence-electron chi connectivity index (χ4n) is 7.22. The Morgan fingerprint density at radius 3 is 2.19 bits per heavy atom. The number of carbonyl (C=O) groups excluding carboxylic acids is 2. The van der Waals surface area contributed by atoms with Gasteiger partial charge in [-0.15, -0.1) is 0 Å². The van der Waals surface area contributed by atoms with Gasteiger partial charge in [-0.25, -0.2) is 4.79 Å². The van der Waals surface area contributed by atoms with Gasteiger partial charge in [-0.1, -0.05) is 18.2 Å². The fourth-order valence-corrected chi connectivity index (χ4v) is 7.43. The molecular weight excluding hydrogens is 531 g/mol. The van der Waals surface area contributed by atoms with Crippen molar-refractivity contribution in [3.05, 3.63) is 23.8 Å². The number of halogens is 5. The molecule has 0 aromatic rings. The molecule has 3 atom stereocenters. The number of hydrogen-bond acceptors (Lipinski definition) is 7. The summed E-state index contributed by atoms with van der Waals surface area (Å²) in [7, 11) is -6.23. The summed E-state index contributed by atoms with van der Waals surface area (Å²) in [4.78, 5) is 26.1. The van der Waals surface area contributed by atoms with Gasteiger partial charge in [0.25, 0.3) is 0 Å². The molecule has 4 saturated carbocycles. The van der Waals surface area contributed by atoms with Gasteiger partial charge in [0.2, 0.25) is 0 Å². The number of alkyl halides is 5. The van der Waals surface area contributed by atoms with E-state index >= 15 is 0 Å². The van der Waals surface area contributed by atoms with Crippen molar-refractivity contribution in [2.75, 3.05) is 13.2 Å². The normalized spacial score (nSPS) is 35.5. The molecule has 37 heavy (non-hydrogen) atoms. The van der Waals surface area contributed by atoms with Gasteiger partial charge in [0.05, 0.1) is 5.41 Å². The number of fused-ring (bicyclic) bond motifs is 1. The van der Waals surface area contributed by atoms with E-state index in [1.54, 1.807) is 12.2 Å². The zero-order chi connectivity index (χ0) is 27.1. The summed E-state index contributed by atoms with van der Waals surface area (Å²) in [5, 5.41) is -5.24. The minimum absolute atomic E-state index is 0.126. The second-order valence-corrected chi connectivity index (χ2v) is 12.3. The first-order valence-corrected chi connectivity index (χ1v) is 13.3. The van der Waals surface area contributed by atoms with Crippen LogP contribution in [0.1, 0.15) is 44.9 Å². The molecule has 0 aromatic heterocycles. The van der Waals surface area contributed by atoms with Crippen LogP contribution in [0.25, 0.3) is 0 Å². The maximum absolute atomic E-state index is 14.4. The van der Waals surface area contributed by atoms with Gasteiger partial charge in [-0.3, -0.25) is 9.35 Å². The Morgan fingerprint density at radius 1 is 1.05 bits per heavy atom. The highest BCUT2D eigenvalue weighted by molar-refractivity contribution is 7.86. The molecule has 206 valence electrons. The fraction of sp³-hybridized carbons (Fsp3) is 0.739. The van der Waals surface area contributed by atoms with Crippen molar-refractivity contribution in [3.63, 3.8) is 0 Å². The first-order valence-electron chi connectivity index (χ1n) is 11.9. The molecule has 5 rings (SSSR count). The molecule has 2 bridgehead atoms. The van der Waals surface area contributed by atoms with E-state index in [0.717, 1.165) is 12.8 Å². The van der Waals surface area contributed by atoms with Crippen LogP contribution in [0.15, 0.2) is 23.8 Å². The van der Waals surface area contributed by atoms with Crippen molar-refractivity contribution >= 4 is 22.1 Å². The Morgan fingerprint density at radius 2 is 1.70 bits per heavy atom. The van der Waals surface area contributed by atoms with E-state index < -0.39 is 57.9 Å².